The second-order valence-electron chi connectivity index (χ2n) is 6.07. The highest BCUT2D eigenvalue weighted by atomic mass is 16.5. The van der Waals surface area contributed by atoms with Crippen molar-refractivity contribution in [1.29, 1.82) is 0 Å². The maximum Gasteiger partial charge on any atom is 0.255 e. The van der Waals surface area contributed by atoms with E-state index in [0.29, 0.717) is 43.1 Å². The highest BCUT2D eigenvalue weighted by molar-refractivity contribution is 5.95. The van der Waals surface area contributed by atoms with Gasteiger partial charge < -0.3 is 14.7 Å². The predicted molar refractivity (Wildman–Crippen MR) is 87.5 cm³/mol. The number of carbonyl (C=O) groups is 2. The third-order valence-corrected chi connectivity index (χ3v) is 4.19. The number of aromatic nitrogens is 2. The van der Waals surface area contributed by atoms with Crippen LogP contribution in [0.5, 0.6) is 0 Å². The molecule has 1 saturated heterocycles. The molecule has 0 aliphatic carbocycles. The molecule has 1 N–H and O–H groups in total. The lowest BCUT2D eigenvalue weighted by molar-refractivity contribution is -0.121. The van der Waals surface area contributed by atoms with Gasteiger partial charge in [-0.3, -0.25) is 14.6 Å². The Hall–Kier alpha value is -2.70. The van der Waals surface area contributed by atoms with Gasteiger partial charge in [-0.15, -0.1) is 0 Å². The second-order valence-corrected chi connectivity index (χ2v) is 6.07. The molecule has 0 atom stereocenters. The fourth-order valence-electron chi connectivity index (χ4n) is 2.78. The summed E-state index contributed by atoms with van der Waals surface area (Å²) in [5.41, 5.74) is 1.46. The molecule has 7 nitrogen and oxygen atoms in total. The second kappa shape index (κ2) is 6.82. The Bertz CT molecular complexity index is 731. The van der Waals surface area contributed by atoms with Crippen LogP contribution in [0.1, 0.15) is 34.7 Å². The summed E-state index contributed by atoms with van der Waals surface area (Å²) in [7, 11) is 0. The number of hydrogen-bond acceptors (Lipinski definition) is 5. The summed E-state index contributed by atoms with van der Waals surface area (Å²) in [5, 5.41) is 6.52. The van der Waals surface area contributed by atoms with E-state index in [9.17, 15) is 9.59 Å². The molecule has 1 aliphatic heterocycles. The number of aryl methyl sites for hydroxylation is 2. The van der Waals surface area contributed by atoms with Crippen molar-refractivity contribution in [3.8, 4) is 0 Å². The van der Waals surface area contributed by atoms with Crippen molar-refractivity contribution in [2.45, 2.75) is 26.7 Å². The zero-order valence-corrected chi connectivity index (χ0v) is 13.8. The SMILES string of the molecule is Cc1ccc(C(=O)N2CCC(C(=O)Nc3cc(C)on3)CC2)cn1. The van der Waals surface area contributed by atoms with Crippen LogP contribution in [0.15, 0.2) is 28.9 Å². The van der Waals surface area contributed by atoms with E-state index in [1.54, 1.807) is 30.2 Å². The lowest BCUT2D eigenvalue weighted by atomic mass is 9.95. The molecular formula is C17H20N4O3. The number of anilines is 1. The van der Waals surface area contributed by atoms with E-state index >= 15 is 0 Å². The molecule has 126 valence electrons. The van der Waals surface area contributed by atoms with Crippen LogP contribution in [0.4, 0.5) is 5.82 Å². The summed E-state index contributed by atoms with van der Waals surface area (Å²) in [5.74, 6) is 0.849. The molecule has 0 unspecified atom stereocenters. The van der Waals surface area contributed by atoms with Gasteiger partial charge in [0.1, 0.15) is 5.76 Å². The first-order chi connectivity index (χ1) is 11.5. The minimum absolute atomic E-state index is 0.0338. The molecule has 3 heterocycles. The lowest BCUT2D eigenvalue weighted by Gasteiger charge is -2.31. The first-order valence-corrected chi connectivity index (χ1v) is 7.99. The van der Waals surface area contributed by atoms with Crippen LogP contribution in [0.25, 0.3) is 0 Å². The maximum atomic E-state index is 12.4. The molecule has 24 heavy (non-hydrogen) atoms. The highest BCUT2D eigenvalue weighted by Gasteiger charge is 2.28. The molecule has 2 aromatic rings. The Kier molecular flexibility index (Phi) is 4.59. The van der Waals surface area contributed by atoms with E-state index in [4.69, 9.17) is 4.52 Å². The van der Waals surface area contributed by atoms with Crippen LogP contribution < -0.4 is 5.32 Å². The Morgan fingerprint density at radius 3 is 2.58 bits per heavy atom. The number of nitrogens with one attached hydrogen (secondary N) is 1. The van der Waals surface area contributed by atoms with E-state index in [1.807, 2.05) is 13.0 Å². The van der Waals surface area contributed by atoms with E-state index in [-0.39, 0.29) is 17.7 Å². The molecule has 0 spiro atoms. The molecule has 1 fully saturated rings. The van der Waals surface area contributed by atoms with Crippen molar-refractivity contribution >= 4 is 17.6 Å². The number of hydrogen-bond donors (Lipinski definition) is 1. The fraction of sp³-hybridized carbons (Fsp3) is 0.412. The van der Waals surface area contributed by atoms with Gasteiger partial charge in [-0.2, -0.15) is 0 Å². The van der Waals surface area contributed by atoms with Crippen LogP contribution in [0, 0.1) is 19.8 Å². The van der Waals surface area contributed by atoms with Crippen molar-refractivity contribution < 1.29 is 14.1 Å². The summed E-state index contributed by atoms with van der Waals surface area (Å²) >= 11 is 0. The first-order valence-electron chi connectivity index (χ1n) is 7.99. The maximum absolute atomic E-state index is 12.4. The summed E-state index contributed by atoms with van der Waals surface area (Å²) < 4.78 is 4.94. The van der Waals surface area contributed by atoms with Crippen LogP contribution in [-0.4, -0.2) is 39.9 Å². The van der Waals surface area contributed by atoms with Gasteiger partial charge >= 0.3 is 0 Å². The minimum atomic E-state index is -0.123. The summed E-state index contributed by atoms with van der Waals surface area (Å²) in [6.07, 6.45) is 2.87. The zero-order valence-electron chi connectivity index (χ0n) is 13.8. The van der Waals surface area contributed by atoms with Crippen molar-refractivity contribution in [3.05, 3.63) is 41.4 Å². The van der Waals surface area contributed by atoms with Gasteiger partial charge in [-0.1, -0.05) is 5.16 Å². The quantitative estimate of drug-likeness (QED) is 0.933. The van der Waals surface area contributed by atoms with Crippen molar-refractivity contribution in [2.24, 2.45) is 5.92 Å². The van der Waals surface area contributed by atoms with Gasteiger partial charge in [0.15, 0.2) is 5.82 Å². The predicted octanol–water partition coefficient (Wildman–Crippen LogP) is 2.18. The fourth-order valence-corrected chi connectivity index (χ4v) is 2.78. The monoisotopic (exact) mass is 328 g/mol. The number of likely N-dealkylation sites (tertiary alicyclic amines) is 1. The van der Waals surface area contributed by atoms with Gasteiger partial charge in [-0.05, 0) is 38.8 Å². The summed E-state index contributed by atoms with van der Waals surface area (Å²) in [6.45, 7) is 4.77. The van der Waals surface area contributed by atoms with Crippen molar-refractivity contribution in [1.82, 2.24) is 15.0 Å². The zero-order chi connectivity index (χ0) is 17.1. The lowest BCUT2D eigenvalue weighted by Crippen LogP contribution is -2.41. The van der Waals surface area contributed by atoms with Crippen molar-refractivity contribution in [2.75, 3.05) is 18.4 Å². The number of carbonyl (C=O) groups excluding carboxylic acids is 2. The molecule has 0 saturated carbocycles. The Morgan fingerprint density at radius 1 is 1.25 bits per heavy atom. The smallest absolute Gasteiger partial charge is 0.255 e. The molecular weight excluding hydrogens is 308 g/mol. The molecule has 2 amide bonds. The Balaban J connectivity index is 1.54. The highest BCUT2D eigenvalue weighted by Crippen LogP contribution is 2.21. The van der Waals surface area contributed by atoms with Gasteiger partial charge in [0.25, 0.3) is 5.91 Å². The van der Waals surface area contributed by atoms with Crippen molar-refractivity contribution in [3.63, 3.8) is 0 Å². The average molecular weight is 328 g/mol. The summed E-state index contributed by atoms with van der Waals surface area (Å²) in [6, 6.07) is 5.30. The number of amides is 2. The van der Waals surface area contributed by atoms with E-state index < -0.39 is 0 Å². The van der Waals surface area contributed by atoms with Crippen LogP contribution in [0.3, 0.4) is 0 Å². The normalized spacial score (nSPS) is 15.3. The molecule has 1 aliphatic rings. The molecule has 0 radical (unpaired) electrons. The number of pyridine rings is 1. The molecule has 0 bridgehead atoms. The first kappa shape index (κ1) is 16.2. The van der Waals surface area contributed by atoms with E-state index in [1.165, 1.54) is 0 Å². The molecule has 7 heteroatoms. The topological polar surface area (TPSA) is 88.3 Å². The van der Waals surface area contributed by atoms with Gasteiger partial charge in [-0.25, -0.2) is 0 Å². The number of rotatable bonds is 3. The molecule has 3 rings (SSSR count). The molecule has 2 aromatic heterocycles. The van der Waals surface area contributed by atoms with Crippen LogP contribution in [-0.2, 0) is 4.79 Å². The van der Waals surface area contributed by atoms with E-state index in [2.05, 4.69) is 15.5 Å². The number of nitrogens with zero attached hydrogens (tertiary/aromatic N) is 3. The molecule has 0 aromatic carbocycles. The Morgan fingerprint density at radius 2 is 2.00 bits per heavy atom. The Labute approximate surface area is 140 Å². The van der Waals surface area contributed by atoms with Crippen LogP contribution in [0.2, 0.25) is 0 Å². The van der Waals surface area contributed by atoms with Crippen LogP contribution >= 0.6 is 0 Å². The minimum Gasteiger partial charge on any atom is -0.360 e. The third kappa shape index (κ3) is 3.61. The largest absolute Gasteiger partial charge is 0.360 e. The number of piperidine rings is 1. The van der Waals surface area contributed by atoms with Gasteiger partial charge in [0.05, 0.1) is 5.56 Å². The van der Waals surface area contributed by atoms with Gasteiger partial charge in [0.2, 0.25) is 5.91 Å². The van der Waals surface area contributed by atoms with Gasteiger partial charge in [0, 0.05) is 37.0 Å². The summed E-state index contributed by atoms with van der Waals surface area (Å²) in [4.78, 5) is 30.6. The standard InChI is InChI=1S/C17H20N4O3/c1-11-3-4-14(10-18-11)17(23)21-7-5-13(6-8-21)16(22)19-15-9-12(2)24-20-15/h3-4,9-10,13H,5-8H2,1-2H3,(H,19,20,22). The third-order valence-electron chi connectivity index (χ3n) is 4.19. The van der Waals surface area contributed by atoms with E-state index in [0.717, 1.165) is 5.69 Å². The average Bonchev–Trinajstić information content (AvgIpc) is 3.00.